The van der Waals surface area contributed by atoms with Crippen LogP contribution in [-0.4, -0.2) is 0 Å². The summed E-state index contributed by atoms with van der Waals surface area (Å²) in [6.45, 7) is 9.14. The maximum Gasteiger partial charge on any atom is 0.0493 e. The van der Waals surface area contributed by atoms with Gasteiger partial charge in [-0.05, 0) is 216 Å². The molecule has 2 nitrogen and oxygen atoms in total. The minimum Gasteiger partial charge on any atom is -0.310 e. The maximum absolute atomic E-state index is 2.45. The van der Waals surface area contributed by atoms with Crippen LogP contribution in [0.5, 0.6) is 0 Å². The van der Waals surface area contributed by atoms with Gasteiger partial charge in [0.2, 0.25) is 0 Å². The summed E-state index contributed by atoms with van der Waals surface area (Å²) in [4.78, 5) is 4.90. The predicted octanol–water partition coefficient (Wildman–Crippen LogP) is 23.2. The van der Waals surface area contributed by atoms with Gasteiger partial charge in [-0.25, -0.2) is 0 Å². The molecule has 0 spiro atoms. The SMILES string of the molecule is CCCCc1cccc(N(c2ccccc2)c2cccc(-c3c4ccccc4c(-c4cccc(-c5c6ccccc6c(-c6cccc(N(c7ccccc7)c7cccc(CCCC)c7C)c6)c6ccccc56)c4)c4ccccc34)c2)c1C. The van der Waals surface area contributed by atoms with Crippen LogP contribution in [0.3, 0.4) is 0 Å². The Labute approximate surface area is 484 Å². The summed E-state index contributed by atoms with van der Waals surface area (Å²) in [5, 5.41) is 9.86. The average Bonchev–Trinajstić information content (AvgIpc) is 2.18. The van der Waals surface area contributed by atoms with E-state index in [1.165, 1.54) is 147 Å². The fraction of sp³-hybridized carbons (Fsp3) is 0.125. The first-order valence-corrected chi connectivity index (χ1v) is 29.5. The summed E-state index contributed by atoms with van der Waals surface area (Å²) >= 11 is 0. The number of hydrogen-bond acceptors (Lipinski definition) is 2. The summed E-state index contributed by atoms with van der Waals surface area (Å²) in [5.41, 5.74) is 22.2. The molecule has 0 heterocycles. The van der Waals surface area contributed by atoms with Crippen LogP contribution >= 0.6 is 0 Å². The van der Waals surface area contributed by atoms with Crippen molar-refractivity contribution in [2.75, 3.05) is 9.80 Å². The van der Waals surface area contributed by atoms with Crippen LogP contribution in [0.1, 0.15) is 61.8 Å². The monoisotopic (exact) mass is 1060 g/mol. The van der Waals surface area contributed by atoms with Crippen molar-refractivity contribution in [3.05, 3.63) is 289 Å². The molecule has 13 aromatic carbocycles. The second kappa shape index (κ2) is 22.9. The second-order valence-corrected chi connectivity index (χ2v) is 22.0. The van der Waals surface area contributed by atoms with Gasteiger partial charge < -0.3 is 9.80 Å². The van der Waals surface area contributed by atoms with Gasteiger partial charge in [0.15, 0.2) is 0 Å². The van der Waals surface area contributed by atoms with E-state index >= 15 is 0 Å². The van der Waals surface area contributed by atoms with Crippen molar-refractivity contribution in [3.63, 3.8) is 0 Å². The summed E-state index contributed by atoms with van der Waals surface area (Å²) in [6.07, 6.45) is 6.84. The topological polar surface area (TPSA) is 6.48 Å². The highest BCUT2D eigenvalue weighted by Gasteiger charge is 2.24. The third-order valence-electron chi connectivity index (χ3n) is 17.0. The quantitative estimate of drug-likeness (QED) is 0.0890. The van der Waals surface area contributed by atoms with Crippen LogP contribution in [0.25, 0.3) is 87.6 Å². The van der Waals surface area contributed by atoms with Crippen molar-refractivity contribution in [2.45, 2.75) is 66.2 Å². The fourth-order valence-electron chi connectivity index (χ4n) is 13.0. The Morgan fingerprint density at radius 3 is 0.841 bits per heavy atom. The molecule has 13 rings (SSSR count). The Morgan fingerprint density at radius 2 is 0.524 bits per heavy atom. The summed E-state index contributed by atoms with van der Waals surface area (Å²) < 4.78 is 0. The molecular formula is C80H68N2. The van der Waals surface area contributed by atoms with Crippen molar-refractivity contribution in [1.82, 2.24) is 0 Å². The molecule has 0 aliphatic rings. The smallest absolute Gasteiger partial charge is 0.0493 e. The molecule has 2 heteroatoms. The van der Waals surface area contributed by atoms with E-state index in [2.05, 4.69) is 304 Å². The van der Waals surface area contributed by atoms with E-state index in [0.29, 0.717) is 0 Å². The molecule has 0 aromatic heterocycles. The molecule has 0 fully saturated rings. The van der Waals surface area contributed by atoms with Crippen LogP contribution in [-0.2, 0) is 12.8 Å². The molecular weight excluding hydrogens is 989 g/mol. The zero-order valence-corrected chi connectivity index (χ0v) is 47.5. The van der Waals surface area contributed by atoms with Gasteiger partial charge in [-0.3, -0.25) is 0 Å². The Kier molecular flexibility index (Phi) is 14.5. The van der Waals surface area contributed by atoms with E-state index in [1.807, 2.05) is 0 Å². The van der Waals surface area contributed by atoms with Crippen molar-refractivity contribution >= 4 is 77.2 Å². The molecule has 13 aromatic rings. The molecule has 0 saturated carbocycles. The van der Waals surface area contributed by atoms with Crippen molar-refractivity contribution in [2.24, 2.45) is 0 Å². The number of hydrogen-bond donors (Lipinski definition) is 0. The van der Waals surface area contributed by atoms with Crippen LogP contribution in [0.15, 0.2) is 267 Å². The third kappa shape index (κ3) is 9.58. The van der Waals surface area contributed by atoms with Crippen LogP contribution in [0, 0.1) is 13.8 Å². The highest BCUT2D eigenvalue weighted by molar-refractivity contribution is 6.24. The standard InChI is InChI=1S/C80H68N2/c1-5-7-28-57-30-26-50-75(55(57)3)81(63-36-11-9-12-37-63)65-40-24-34-61(53-65)79-71-46-19-15-42-67(71)77(68-43-16-20-47-72(68)79)59-32-23-33-60(52-59)78-69-44-17-21-48-73(69)80(74-49-22-18-45-70(74)78)62-35-25-41-66(54-62)82(64-38-13-10-14-39-64)76-51-27-31-58(56(76)4)29-8-6-2/h9-27,30-54H,5-8,28-29H2,1-4H3. The van der Waals surface area contributed by atoms with Crippen molar-refractivity contribution in [3.8, 4) is 44.5 Å². The van der Waals surface area contributed by atoms with E-state index in [-0.39, 0.29) is 0 Å². The Hall–Kier alpha value is -9.50. The number of rotatable bonds is 16. The first kappa shape index (κ1) is 51.9. The molecule has 0 atom stereocenters. The lowest BCUT2D eigenvalue weighted by atomic mass is 9.83. The lowest BCUT2D eigenvalue weighted by Gasteiger charge is -2.28. The zero-order valence-electron chi connectivity index (χ0n) is 47.5. The van der Waals surface area contributed by atoms with Gasteiger partial charge in [-0.15, -0.1) is 0 Å². The minimum atomic E-state index is 1.07. The molecule has 0 aliphatic heterocycles. The lowest BCUT2D eigenvalue weighted by Crippen LogP contribution is -2.12. The van der Waals surface area contributed by atoms with E-state index in [9.17, 15) is 0 Å². The van der Waals surface area contributed by atoms with E-state index in [1.54, 1.807) is 0 Å². The lowest BCUT2D eigenvalue weighted by molar-refractivity contribution is 0.791. The maximum atomic E-state index is 2.45. The van der Waals surface area contributed by atoms with Gasteiger partial charge in [0, 0.05) is 34.1 Å². The Balaban J connectivity index is 0.953. The molecule has 0 aliphatic carbocycles. The molecule has 0 radical (unpaired) electrons. The number of para-hydroxylation sites is 2. The first-order chi connectivity index (χ1) is 40.5. The highest BCUT2D eigenvalue weighted by Crippen LogP contribution is 2.49. The minimum absolute atomic E-state index is 1.07. The summed E-state index contributed by atoms with van der Waals surface area (Å²) in [7, 11) is 0. The van der Waals surface area contributed by atoms with Crippen molar-refractivity contribution < 1.29 is 0 Å². The average molecular weight is 1060 g/mol. The summed E-state index contributed by atoms with van der Waals surface area (Å²) in [6, 6.07) is 99.4. The highest BCUT2D eigenvalue weighted by atomic mass is 15.1. The van der Waals surface area contributed by atoms with E-state index in [0.717, 1.165) is 35.6 Å². The number of aryl methyl sites for hydroxylation is 2. The number of fused-ring (bicyclic) bond motifs is 4. The molecule has 0 unspecified atom stereocenters. The van der Waals surface area contributed by atoms with Crippen molar-refractivity contribution in [1.29, 1.82) is 0 Å². The Morgan fingerprint density at radius 1 is 0.256 bits per heavy atom. The largest absolute Gasteiger partial charge is 0.310 e. The molecule has 0 bridgehead atoms. The van der Waals surface area contributed by atoms with Gasteiger partial charge in [-0.1, -0.05) is 227 Å². The third-order valence-corrected chi connectivity index (χ3v) is 17.0. The van der Waals surface area contributed by atoms with E-state index < -0.39 is 0 Å². The van der Waals surface area contributed by atoms with Gasteiger partial charge in [0.25, 0.3) is 0 Å². The van der Waals surface area contributed by atoms with E-state index in [4.69, 9.17) is 0 Å². The zero-order chi connectivity index (χ0) is 55.5. The Bertz CT molecular complexity index is 4060. The first-order valence-electron chi connectivity index (χ1n) is 29.5. The number of unbranched alkanes of at least 4 members (excludes halogenated alkanes) is 2. The fourth-order valence-corrected chi connectivity index (χ4v) is 13.0. The number of anilines is 6. The van der Waals surface area contributed by atoms with Gasteiger partial charge in [0.1, 0.15) is 0 Å². The molecule has 0 saturated heterocycles. The van der Waals surface area contributed by atoms with Crippen LogP contribution in [0.2, 0.25) is 0 Å². The summed E-state index contributed by atoms with van der Waals surface area (Å²) in [5.74, 6) is 0. The van der Waals surface area contributed by atoms with Crippen LogP contribution < -0.4 is 9.80 Å². The van der Waals surface area contributed by atoms with Gasteiger partial charge in [0.05, 0.1) is 0 Å². The van der Waals surface area contributed by atoms with Gasteiger partial charge >= 0.3 is 0 Å². The second-order valence-electron chi connectivity index (χ2n) is 22.0. The normalized spacial score (nSPS) is 11.5. The number of nitrogens with zero attached hydrogens (tertiary/aromatic N) is 2. The van der Waals surface area contributed by atoms with Crippen LogP contribution in [0.4, 0.5) is 34.1 Å². The molecule has 0 amide bonds. The number of benzene rings is 13. The molecule has 0 N–H and O–H groups in total. The molecule has 398 valence electrons. The predicted molar refractivity (Wildman–Crippen MR) is 354 cm³/mol. The molecule has 82 heavy (non-hydrogen) atoms. The van der Waals surface area contributed by atoms with Gasteiger partial charge in [-0.2, -0.15) is 0 Å².